The van der Waals surface area contributed by atoms with E-state index in [0.717, 1.165) is 16.8 Å². The number of morpholine rings is 1. The summed E-state index contributed by atoms with van der Waals surface area (Å²) in [4.78, 5) is 14.8. The van der Waals surface area contributed by atoms with Crippen molar-refractivity contribution in [2.75, 3.05) is 64.3 Å². The normalized spacial score (nSPS) is 19.0. The van der Waals surface area contributed by atoms with Crippen LogP contribution >= 0.6 is 0 Å². The number of carbonyl (C=O) groups is 1. The molecule has 0 radical (unpaired) electrons. The average Bonchev–Trinajstić information content (AvgIpc) is 2.84. The number of nitrogens with zero attached hydrogens (tertiary/aromatic N) is 3. The number of para-hydroxylation sites is 1. The molecule has 0 bridgehead atoms. The van der Waals surface area contributed by atoms with E-state index >= 15 is 0 Å². The van der Waals surface area contributed by atoms with Gasteiger partial charge in [-0.2, -0.15) is 17.0 Å². The third-order valence-corrected chi connectivity index (χ3v) is 7.93. The van der Waals surface area contributed by atoms with Crippen molar-refractivity contribution in [2.45, 2.75) is 6.42 Å². The van der Waals surface area contributed by atoms with Crippen LogP contribution in [0.15, 0.2) is 54.6 Å². The zero-order valence-corrected chi connectivity index (χ0v) is 19.0. The lowest BCUT2D eigenvalue weighted by Gasteiger charge is -2.37. The van der Waals surface area contributed by atoms with Crippen molar-refractivity contribution in [2.24, 2.45) is 0 Å². The van der Waals surface area contributed by atoms with Gasteiger partial charge >= 0.3 is 0 Å². The Bertz CT molecular complexity index is 1000. The first-order chi connectivity index (χ1) is 15.5. The van der Waals surface area contributed by atoms with Gasteiger partial charge in [0, 0.05) is 63.5 Å². The monoisotopic (exact) mass is 458 g/mol. The van der Waals surface area contributed by atoms with Crippen LogP contribution in [-0.4, -0.2) is 86.9 Å². The number of carbonyl (C=O) groups excluding carboxylic acids is 1. The number of ether oxygens (including phenoxy) is 1. The molecule has 2 aromatic carbocycles. The lowest BCUT2D eigenvalue weighted by atomic mass is 10.0. The van der Waals surface area contributed by atoms with Crippen LogP contribution in [0.2, 0.25) is 0 Å². The summed E-state index contributed by atoms with van der Waals surface area (Å²) in [7, 11) is -3.43. The number of nitrogens with one attached hydrogen (secondary N) is 1. The highest BCUT2D eigenvalue weighted by Crippen LogP contribution is 2.27. The summed E-state index contributed by atoms with van der Waals surface area (Å²) >= 11 is 0. The second-order valence-corrected chi connectivity index (χ2v) is 9.90. The molecule has 172 valence electrons. The van der Waals surface area contributed by atoms with Gasteiger partial charge in [-0.05, 0) is 11.6 Å². The van der Waals surface area contributed by atoms with Crippen molar-refractivity contribution < 1.29 is 17.9 Å². The summed E-state index contributed by atoms with van der Waals surface area (Å²) in [6.07, 6.45) is 0.360. The van der Waals surface area contributed by atoms with E-state index in [1.807, 2.05) is 54.6 Å². The SMILES string of the molecule is O=C(CCN1CCN(S(=O)(=O)N2CCOCC2)CC1)Nc1ccccc1-c1ccccc1. The Labute approximate surface area is 189 Å². The van der Waals surface area contributed by atoms with Crippen molar-refractivity contribution in [3.05, 3.63) is 54.6 Å². The summed E-state index contributed by atoms with van der Waals surface area (Å²) in [5.41, 5.74) is 2.84. The van der Waals surface area contributed by atoms with Crippen LogP contribution in [0, 0.1) is 0 Å². The third-order valence-electron chi connectivity index (χ3n) is 5.89. The van der Waals surface area contributed by atoms with Gasteiger partial charge in [0.2, 0.25) is 5.91 Å². The van der Waals surface area contributed by atoms with Crippen LogP contribution in [0.25, 0.3) is 11.1 Å². The largest absolute Gasteiger partial charge is 0.379 e. The van der Waals surface area contributed by atoms with Gasteiger partial charge in [0.1, 0.15) is 0 Å². The molecule has 9 heteroatoms. The first kappa shape index (κ1) is 22.9. The van der Waals surface area contributed by atoms with Crippen LogP contribution in [0.5, 0.6) is 0 Å². The maximum atomic E-state index is 12.8. The number of piperazine rings is 1. The maximum Gasteiger partial charge on any atom is 0.282 e. The third kappa shape index (κ3) is 5.54. The number of amides is 1. The Hall–Kier alpha value is -2.30. The van der Waals surface area contributed by atoms with E-state index < -0.39 is 10.2 Å². The molecule has 0 saturated carbocycles. The molecule has 32 heavy (non-hydrogen) atoms. The zero-order chi connectivity index (χ0) is 22.4. The molecule has 1 N–H and O–H groups in total. The first-order valence-corrected chi connectivity index (χ1v) is 12.4. The molecule has 2 saturated heterocycles. The molecular weight excluding hydrogens is 428 g/mol. The number of hydrogen-bond donors (Lipinski definition) is 1. The first-order valence-electron chi connectivity index (χ1n) is 11.0. The molecule has 0 atom stereocenters. The van der Waals surface area contributed by atoms with Gasteiger partial charge in [-0.25, -0.2) is 0 Å². The summed E-state index contributed by atoms with van der Waals surface area (Å²) in [6, 6.07) is 17.8. The minimum absolute atomic E-state index is 0.0447. The van der Waals surface area contributed by atoms with E-state index in [-0.39, 0.29) is 5.91 Å². The van der Waals surface area contributed by atoms with E-state index in [9.17, 15) is 13.2 Å². The minimum Gasteiger partial charge on any atom is -0.379 e. The smallest absolute Gasteiger partial charge is 0.282 e. The highest BCUT2D eigenvalue weighted by atomic mass is 32.2. The van der Waals surface area contributed by atoms with Crippen molar-refractivity contribution in [3.8, 4) is 11.1 Å². The van der Waals surface area contributed by atoms with Crippen LogP contribution in [0.4, 0.5) is 5.69 Å². The van der Waals surface area contributed by atoms with Crippen LogP contribution in [-0.2, 0) is 19.7 Å². The van der Waals surface area contributed by atoms with Crippen molar-refractivity contribution >= 4 is 21.8 Å². The summed E-state index contributed by atoms with van der Waals surface area (Å²) < 4.78 is 33.9. The van der Waals surface area contributed by atoms with E-state index in [1.165, 1.54) is 4.31 Å². The van der Waals surface area contributed by atoms with Crippen LogP contribution in [0.1, 0.15) is 6.42 Å². The quantitative estimate of drug-likeness (QED) is 0.685. The lowest BCUT2D eigenvalue weighted by Crippen LogP contribution is -2.55. The predicted octanol–water partition coefficient (Wildman–Crippen LogP) is 1.88. The van der Waals surface area contributed by atoms with Gasteiger partial charge in [-0.15, -0.1) is 0 Å². The average molecular weight is 459 g/mol. The van der Waals surface area contributed by atoms with E-state index in [0.29, 0.717) is 65.4 Å². The molecule has 8 nitrogen and oxygen atoms in total. The zero-order valence-electron chi connectivity index (χ0n) is 18.2. The number of rotatable bonds is 7. The second kappa shape index (κ2) is 10.5. The van der Waals surface area contributed by atoms with Crippen LogP contribution < -0.4 is 5.32 Å². The topological polar surface area (TPSA) is 82.2 Å². The highest BCUT2D eigenvalue weighted by molar-refractivity contribution is 7.86. The number of anilines is 1. The second-order valence-electron chi connectivity index (χ2n) is 7.97. The molecule has 2 fully saturated rings. The molecule has 0 unspecified atom stereocenters. The van der Waals surface area contributed by atoms with Gasteiger partial charge in [-0.1, -0.05) is 48.5 Å². The van der Waals surface area contributed by atoms with Crippen LogP contribution in [0.3, 0.4) is 0 Å². The molecule has 2 aromatic rings. The van der Waals surface area contributed by atoms with Gasteiger partial charge in [0.15, 0.2) is 0 Å². The predicted molar refractivity (Wildman–Crippen MR) is 124 cm³/mol. The summed E-state index contributed by atoms with van der Waals surface area (Å²) in [6.45, 7) is 4.44. The van der Waals surface area contributed by atoms with Crippen molar-refractivity contribution in [3.63, 3.8) is 0 Å². The Balaban J connectivity index is 1.26. The molecule has 0 aromatic heterocycles. The van der Waals surface area contributed by atoms with Crippen molar-refractivity contribution in [1.82, 2.24) is 13.5 Å². The molecule has 4 rings (SSSR count). The fourth-order valence-corrected chi connectivity index (χ4v) is 5.62. The van der Waals surface area contributed by atoms with E-state index in [2.05, 4.69) is 10.2 Å². The number of benzene rings is 2. The fourth-order valence-electron chi connectivity index (χ4n) is 4.06. The molecule has 2 aliphatic heterocycles. The van der Waals surface area contributed by atoms with Gasteiger partial charge in [0.05, 0.1) is 13.2 Å². The highest BCUT2D eigenvalue weighted by Gasteiger charge is 2.33. The van der Waals surface area contributed by atoms with Gasteiger partial charge in [0.25, 0.3) is 10.2 Å². The molecule has 0 aliphatic carbocycles. The summed E-state index contributed by atoms with van der Waals surface area (Å²) in [5.74, 6) is -0.0447. The Kier molecular flexibility index (Phi) is 7.54. The molecule has 2 aliphatic rings. The molecule has 0 spiro atoms. The lowest BCUT2D eigenvalue weighted by molar-refractivity contribution is -0.116. The number of hydrogen-bond acceptors (Lipinski definition) is 5. The molecule has 2 heterocycles. The Morgan fingerprint density at radius 1 is 0.844 bits per heavy atom. The van der Waals surface area contributed by atoms with Gasteiger partial charge < -0.3 is 15.0 Å². The maximum absolute atomic E-state index is 12.8. The molecular formula is C23H30N4O4S. The Morgan fingerprint density at radius 3 is 2.19 bits per heavy atom. The molecule has 1 amide bonds. The van der Waals surface area contributed by atoms with E-state index in [4.69, 9.17) is 4.74 Å². The van der Waals surface area contributed by atoms with Gasteiger partial charge in [-0.3, -0.25) is 4.79 Å². The Morgan fingerprint density at radius 2 is 1.47 bits per heavy atom. The standard InChI is InChI=1S/C23H30N4O4S/c28-23(24-22-9-5-4-8-21(22)20-6-2-1-3-7-20)10-11-25-12-14-26(15-13-25)32(29,30)27-16-18-31-19-17-27/h1-9H,10-19H2,(H,24,28). The fraction of sp³-hybridized carbons (Fsp3) is 0.435. The summed E-state index contributed by atoms with van der Waals surface area (Å²) in [5, 5.41) is 3.03. The minimum atomic E-state index is -3.43. The van der Waals surface area contributed by atoms with Crippen molar-refractivity contribution in [1.29, 1.82) is 0 Å². The van der Waals surface area contributed by atoms with E-state index in [1.54, 1.807) is 4.31 Å².